The normalized spacial score (nSPS) is 20.0. The summed E-state index contributed by atoms with van der Waals surface area (Å²) >= 11 is 0. The zero-order chi connectivity index (χ0) is 18.0. The highest BCUT2D eigenvalue weighted by molar-refractivity contribution is 5.76. The van der Waals surface area contributed by atoms with E-state index in [1.807, 2.05) is 0 Å². The van der Waals surface area contributed by atoms with Gasteiger partial charge in [-0.25, -0.2) is 4.79 Å². The number of aliphatic hydroxyl groups is 1. The van der Waals surface area contributed by atoms with Gasteiger partial charge in [0, 0.05) is 49.4 Å². The van der Waals surface area contributed by atoms with Crippen molar-refractivity contribution in [2.24, 2.45) is 5.92 Å². The molecule has 2 aromatic rings. The van der Waals surface area contributed by atoms with E-state index in [0.29, 0.717) is 18.5 Å². The first-order valence-electron chi connectivity index (χ1n) is 7.95. The van der Waals surface area contributed by atoms with Crippen LogP contribution in [0.25, 0.3) is 0 Å². The lowest BCUT2D eigenvalue weighted by Crippen LogP contribution is -2.38. The molecular formula is C16H19N5O4. The summed E-state index contributed by atoms with van der Waals surface area (Å²) < 4.78 is 1.17. The van der Waals surface area contributed by atoms with Crippen LogP contribution in [0.15, 0.2) is 34.4 Å². The third kappa shape index (κ3) is 3.82. The number of hydrogen-bond acceptors (Lipinski definition) is 6. The summed E-state index contributed by atoms with van der Waals surface area (Å²) in [6.07, 6.45) is 6.04. The summed E-state index contributed by atoms with van der Waals surface area (Å²) in [5, 5.41) is 10.2. The van der Waals surface area contributed by atoms with Crippen LogP contribution in [0.3, 0.4) is 0 Å². The number of H-pyrrole nitrogens is 1. The van der Waals surface area contributed by atoms with Gasteiger partial charge in [0.25, 0.3) is 5.56 Å². The molecule has 0 unspecified atom stereocenters. The van der Waals surface area contributed by atoms with E-state index in [4.69, 9.17) is 0 Å². The average Bonchev–Trinajstić information content (AvgIpc) is 2.94. The summed E-state index contributed by atoms with van der Waals surface area (Å²) in [5.74, 6) is -0.413. The first-order chi connectivity index (χ1) is 11.9. The Morgan fingerprint density at radius 2 is 2.16 bits per heavy atom. The molecule has 2 N–H and O–H groups in total. The number of nitrogens with one attached hydrogen (secondary N) is 1. The molecule has 2 atom stereocenters. The Balaban J connectivity index is 1.67. The molecule has 0 radical (unpaired) electrons. The van der Waals surface area contributed by atoms with E-state index >= 15 is 0 Å². The van der Waals surface area contributed by atoms with Crippen LogP contribution in [-0.4, -0.2) is 54.6 Å². The van der Waals surface area contributed by atoms with Crippen LogP contribution >= 0.6 is 0 Å². The summed E-state index contributed by atoms with van der Waals surface area (Å²) in [4.78, 5) is 47.5. The van der Waals surface area contributed by atoms with Gasteiger partial charge in [0.15, 0.2) is 0 Å². The van der Waals surface area contributed by atoms with Crippen molar-refractivity contribution in [2.75, 3.05) is 13.1 Å². The molecule has 1 aliphatic rings. The van der Waals surface area contributed by atoms with E-state index in [0.717, 1.165) is 5.69 Å². The fraction of sp³-hybridized carbons (Fsp3) is 0.438. The third-order valence-corrected chi connectivity index (χ3v) is 4.34. The van der Waals surface area contributed by atoms with Crippen molar-refractivity contribution >= 4 is 5.91 Å². The molecule has 1 aliphatic heterocycles. The number of aliphatic hydroxyl groups excluding tert-OH is 1. The van der Waals surface area contributed by atoms with Crippen LogP contribution < -0.4 is 11.2 Å². The highest BCUT2D eigenvalue weighted by Gasteiger charge is 2.34. The molecule has 0 spiro atoms. The van der Waals surface area contributed by atoms with Gasteiger partial charge in [-0.1, -0.05) is 0 Å². The number of likely N-dealkylation sites (tertiary alicyclic amines) is 1. The van der Waals surface area contributed by atoms with Crippen molar-refractivity contribution < 1.29 is 9.90 Å². The maximum absolute atomic E-state index is 12.4. The van der Waals surface area contributed by atoms with E-state index < -0.39 is 17.4 Å². The van der Waals surface area contributed by atoms with E-state index in [9.17, 15) is 19.5 Å². The van der Waals surface area contributed by atoms with Crippen molar-refractivity contribution in [2.45, 2.75) is 26.0 Å². The number of nitrogens with zero attached hydrogens (tertiary/aromatic N) is 4. The molecule has 1 fully saturated rings. The topological polar surface area (TPSA) is 121 Å². The molecule has 2 aromatic heterocycles. The number of carbonyl (C=O) groups is 1. The predicted octanol–water partition coefficient (Wildman–Crippen LogP) is -1.30. The Morgan fingerprint density at radius 3 is 2.88 bits per heavy atom. The number of aromatic amines is 1. The van der Waals surface area contributed by atoms with Crippen LogP contribution in [0.1, 0.15) is 11.3 Å². The lowest BCUT2D eigenvalue weighted by Gasteiger charge is -2.16. The highest BCUT2D eigenvalue weighted by Crippen LogP contribution is 2.20. The van der Waals surface area contributed by atoms with Crippen molar-refractivity contribution in [3.8, 4) is 0 Å². The van der Waals surface area contributed by atoms with Crippen LogP contribution in [0, 0.1) is 12.8 Å². The van der Waals surface area contributed by atoms with Gasteiger partial charge in [0.05, 0.1) is 11.8 Å². The zero-order valence-corrected chi connectivity index (χ0v) is 13.8. The highest BCUT2D eigenvalue weighted by atomic mass is 16.3. The molecular weight excluding hydrogens is 326 g/mol. The van der Waals surface area contributed by atoms with Gasteiger partial charge in [0.1, 0.15) is 6.54 Å². The number of rotatable bonds is 4. The standard InChI is InChI=1S/C16H19N5O4/c1-10-6-21(16(25)19-15(10)24)9-14(23)20-7-11(13(22)8-20)4-12-5-17-2-3-18-12/h2-3,5-6,11,13,22H,4,7-9H2,1H3,(H,19,24,25)/t11-,13-/m1/s1. The van der Waals surface area contributed by atoms with Crippen molar-refractivity contribution in [3.63, 3.8) is 0 Å². The third-order valence-electron chi connectivity index (χ3n) is 4.34. The summed E-state index contributed by atoms with van der Waals surface area (Å²) in [7, 11) is 0. The maximum atomic E-state index is 12.4. The first kappa shape index (κ1) is 17.0. The fourth-order valence-electron chi connectivity index (χ4n) is 2.94. The summed E-state index contributed by atoms with van der Waals surface area (Å²) in [6, 6.07) is 0. The number of aromatic nitrogens is 4. The molecule has 0 saturated carbocycles. The smallest absolute Gasteiger partial charge is 0.328 e. The quantitative estimate of drug-likeness (QED) is 0.710. The number of hydrogen-bond donors (Lipinski definition) is 2. The molecule has 9 nitrogen and oxygen atoms in total. The molecule has 1 amide bonds. The van der Waals surface area contributed by atoms with Crippen molar-refractivity contribution in [3.05, 3.63) is 56.9 Å². The second-order valence-corrected chi connectivity index (χ2v) is 6.23. The summed E-state index contributed by atoms with van der Waals surface area (Å²) in [6.45, 7) is 1.98. The number of β-amino-alcohol motifs (C(OH)–C–C–N with tert-alkyl or cyclic N) is 1. The molecule has 3 heterocycles. The Morgan fingerprint density at radius 1 is 1.36 bits per heavy atom. The summed E-state index contributed by atoms with van der Waals surface area (Å²) in [5.41, 5.74) is 0.0249. The molecule has 25 heavy (non-hydrogen) atoms. The SMILES string of the molecule is Cc1cn(CC(=O)N2C[C@@H](Cc3cnccn3)[C@H](O)C2)c(=O)[nH]c1=O. The number of aryl methyl sites for hydroxylation is 1. The van der Waals surface area contributed by atoms with Gasteiger partial charge in [-0.05, 0) is 13.3 Å². The second kappa shape index (κ2) is 6.98. The van der Waals surface area contributed by atoms with Crippen molar-refractivity contribution in [1.82, 2.24) is 24.4 Å². The van der Waals surface area contributed by atoms with E-state index in [2.05, 4.69) is 15.0 Å². The lowest BCUT2D eigenvalue weighted by atomic mass is 10.0. The monoisotopic (exact) mass is 345 g/mol. The minimum absolute atomic E-state index is 0.130. The average molecular weight is 345 g/mol. The Kier molecular flexibility index (Phi) is 4.75. The van der Waals surface area contributed by atoms with Gasteiger partial charge in [-0.3, -0.25) is 29.1 Å². The van der Waals surface area contributed by atoms with Gasteiger partial charge in [-0.15, -0.1) is 0 Å². The van der Waals surface area contributed by atoms with Crippen LogP contribution in [0.5, 0.6) is 0 Å². The molecule has 1 saturated heterocycles. The van der Waals surface area contributed by atoms with Crippen LogP contribution in [0.4, 0.5) is 0 Å². The molecule has 0 bridgehead atoms. The number of carbonyl (C=O) groups excluding carboxylic acids is 1. The van der Waals surface area contributed by atoms with Crippen LogP contribution in [-0.2, 0) is 17.8 Å². The Bertz CT molecular complexity index is 876. The zero-order valence-electron chi connectivity index (χ0n) is 13.8. The first-order valence-corrected chi connectivity index (χ1v) is 7.95. The van der Waals surface area contributed by atoms with Gasteiger partial charge >= 0.3 is 5.69 Å². The van der Waals surface area contributed by atoms with Gasteiger partial charge in [0.2, 0.25) is 5.91 Å². The predicted molar refractivity (Wildman–Crippen MR) is 87.9 cm³/mol. The Hall–Kier alpha value is -2.81. The number of amides is 1. The largest absolute Gasteiger partial charge is 0.391 e. The van der Waals surface area contributed by atoms with Gasteiger partial charge < -0.3 is 10.0 Å². The fourth-order valence-corrected chi connectivity index (χ4v) is 2.94. The lowest BCUT2D eigenvalue weighted by molar-refractivity contribution is -0.131. The molecule has 0 aromatic carbocycles. The molecule has 0 aliphatic carbocycles. The molecule has 3 rings (SSSR count). The maximum Gasteiger partial charge on any atom is 0.328 e. The van der Waals surface area contributed by atoms with E-state index in [-0.39, 0.29) is 24.9 Å². The van der Waals surface area contributed by atoms with Gasteiger partial charge in [-0.2, -0.15) is 0 Å². The van der Waals surface area contributed by atoms with Crippen LogP contribution in [0.2, 0.25) is 0 Å². The van der Waals surface area contributed by atoms with Crippen molar-refractivity contribution in [1.29, 1.82) is 0 Å². The minimum Gasteiger partial charge on any atom is -0.391 e. The molecule has 132 valence electrons. The molecule has 9 heteroatoms. The Labute approximate surface area is 143 Å². The van der Waals surface area contributed by atoms with E-state index in [1.165, 1.54) is 15.7 Å². The minimum atomic E-state index is -0.653. The second-order valence-electron chi connectivity index (χ2n) is 6.23. The van der Waals surface area contributed by atoms with E-state index in [1.54, 1.807) is 25.5 Å².